The van der Waals surface area contributed by atoms with Gasteiger partial charge >= 0.3 is 5.97 Å². The molecule has 0 radical (unpaired) electrons. The summed E-state index contributed by atoms with van der Waals surface area (Å²) >= 11 is 0. The van der Waals surface area contributed by atoms with Crippen LogP contribution in [0.4, 0.5) is 0 Å². The Morgan fingerprint density at radius 2 is 1.67 bits per heavy atom. The second-order valence-electron chi connectivity index (χ2n) is 7.25. The molecule has 0 aliphatic heterocycles. The number of esters is 1. The van der Waals surface area contributed by atoms with Crippen LogP contribution in [0.15, 0.2) is 30.3 Å². The van der Waals surface area contributed by atoms with Crippen molar-refractivity contribution in [2.45, 2.75) is 60.2 Å². The van der Waals surface area contributed by atoms with Crippen molar-refractivity contribution in [3.8, 4) is 0 Å². The van der Waals surface area contributed by atoms with Crippen molar-refractivity contribution in [1.82, 2.24) is 14.7 Å². The molecule has 6 heteroatoms. The fourth-order valence-electron chi connectivity index (χ4n) is 3.35. The Balaban J connectivity index is 2.09. The zero-order valence-corrected chi connectivity index (χ0v) is 17.0. The van der Waals surface area contributed by atoms with E-state index in [1.54, 1.807) is 16.5 Å². The van der Waals surface area contributed by atoms with Gasteiger partial charge in [-0.3, -0.25) is 9.48 Å². The fraction of sp³-hybridized carbons (Fsp3) is 0.476. The largest absolute Gasteiger partial charge is 0.452 e. The van der Waals surface area contributed by atoms with Crippen LogP contribution in [0.3, 0.4) is 0 Å². The number of nitrogens with zero attached hydrogens (tertiary/aromatic N) is 3. The van der Waals surface area contributed by atoms with E-state index in [9.17, 15) is 9.59 Å². The summed E-state index contributed by atoms with van der Waals surface area (Å²) in [4.78, 5) is 26.7. The Morgan fingerprint density at radius 1 is 1.07 bits per heavy atom. The quantitative estimate of drug-likeness (QED) is 0.700. The normalized spacial score (nSPS) is 11.1. The first-order chi connectivity index (χ1) is 12.7. The van der Waals surface area contributed by atoms with Gasteiger partial charge in [0, 0.05) is 12.1 Å². The number of rotatable bonds is 7. The summed E-state index contributed by atoms with van der Waals surface area (Å²) in [5, 5.41) is 4.47. The van der Waals surface area contributed by atoms with Crippen LogP contribution in [0.2, 0.25) is 0 Å². The third-order valence-electron chi connectivity index (χ3n) is 4.49. The van der Waals surface area contributed by atoms with E-state index in [-0.39, 0.29) is 24.6 Å². The predicted octanol–water partition coefficient (Wildman–Crippen LogP) is 3.35. The molecule has 0 bridgehead atoms. The number of carbonyl (C=O) groups excluding carboxylic acids is 2. The van der Waals surface area contributed by atoms with Gasteiger partial charge in [0.1, 0.15) is 5.56 Å². The van der Waals surface area contributed by atoms with Gasteiger partial charge in [0.15, 0.2) is 6.61 Å². The van der Waals surface area contributed by atoms with Crippen molar-refractivity contribution in [2.24, 2.45) is 0 Å². The molecule has 27 heavy (non-hydrogen) atoms. The molecule has 146 valence electrons. The lowest BCUT2D eigenvalue weighted by Gasteiger charge is -2.30. The average molecular weight is 371 g/mol. The van der Waals surface area contributed by atoms with Crippen molar-refractivity contribution in [2.75, 3.05) is 6.61 Å². The van der Waals surface area contributed by atoms with Gasteiger partial charge in [-0.2, -0.15) is 5.10 Å². The van der Waals surface area contributed by atoms with Crippen molar-refractivity contribution >= 4 is 11.9 Å². The molecule has 0 unspecified atom stereocenters. The van der Waals surface area contributed by atoms with Gasteiger partial charge in [0.2, 0.25) is 0 Å². The third-order valence-corrected chi connectivity index (χ3v) is 4.49. The highest BCUT2D eigenvalue weighted by molar-refractivity contribution is 5.93. The SMILES string of the molecule is Cc1nn(Cc2ccccc2)c(C)c1C(=O)OCC(=O)N(C(C)C)C(C)C. The van der Waals surface area contributed by atoms with Gasteiger partial charge in [-0.15, -0.1) is 0 Å². The van der Waals surface area contributed by atoms with Gasteiger partial charge in [-0.05, 0) is 47.1 Å². The molecule has 6 nitrogen and oxygen atoms in total. The molecule has 1 heterocycles. The van der Waals surface area contributed by atoms with Gasteiger partial charge in [-0.1, -0.05) is 30.3 Å². The van der Waals surface area contributed by atoms with Gasteiger partial charge in [0.25, 0.3) is 5.91 Å². The first kappa shape index (κ1) is 20.7. The number of aryl methyl sites for hydroxylation is 1. The summed E-state index contributed by atoms with van der Waals surface area (Å²) in [5.41, 5.74) is 2.87. The summed E-state index contributed by atoms with van der Waals surface area (Å²) in [6.07, 6.45) is 0. The van der Waals surface area contributed by atoms with Crippen LogP contribution >= 0.6 is 0 Å². The highest BCUT2D eigenvalue weighted by Crippen LogP contribution is 2.16. The lowest BCUT2D eigenvalue weighted by Crippen LogP contribution is -2.44. The molecular weight excluding hydrogens is 342 g/mol. The van der Waals surface area contributed by atoms with Gasteiger partial charge < -0.3 is 9.64 Å². The molecule has 0 spiro atoms. The summed E-state index contributed by atoms with van der Waals surface area (Å²) in [5.74, 6) is -0.703. The average Bonchev–Trinajstić information content (AvgIpc) is 2.86. The predicted molar refractivity (Wildman–Crippen MR) is 105 cm³/mol. The summed E-state index contributed by atoms with van der Waals surface area (Å²) in [6.45, 7) is 11.7. The van der Waals surface area contributed by atoms with E-state index in [1.165, 1.54) is 0 Å². The number of hydrogen-bond acceptors (Lipinski definition) is 4. The minimum absolute atomic E-state index is 0.0493. The highest BCUT2D eigenvalue weighted by atomic mass is 16.5. The van der Waals surface area contributed by atoms with Crippen LogP contribution in [-0.4, -0.2) is 45.2 Å². The van der Waals surface area contributed by atoms with E-state index in [0.717, 1.165) is 11.3 Å². The number of benzene rings is 1. The minimum Gasteiger partial charge on any atom is -0.452 e. The Kier molecular flexibility index (Phi) is 6.77. The molecule has 0 saturated heterocycles. The molecule has 2 rings (SSSR count). The molecule has 1 amide bonds. The number of hydrogen-bond donors (Lipinski definition) is 0. The molecule has 1 aromatic heterocycles. The number of aromatic nitrogens is 2. The maximum absolute atomic E-state index is 12.6. The molecule has 0 saturated carbocycles. The van der Waals surface area contributed by atoms with E-state index in [4.69, 9.17) is 4.74 Å². The molecule has 0 aliphatic rings. The zero-order chi connectivity index (χ0) is 20.1. The molecule has 2 aromatic rings. The van der Waals surface area contributed by atoms with Crippen LogP contribution < -0.4 is 0 Å². The van der Waals surface area contributed by atoms with E-state index < -0.39 is 5.97 Å². The monoisotopic (exact) mass is 371 g/mol. The van der Waals surface area contributed by atoms with Gasteiger partial charge in [-0.25, -0.2) is 4.79 Å². The Morgan fingerprint density at radius 3 is 2.22 bits per heavy atom. The van der Waals surface area contributed by atoms with Crippen molar-refractivity contribution in [1.29, 1.82) is 0 Å². The maximum atomic E-state index is 12.6. The molecule has 0 aliphatic carbocycles. The molecule has 0 fully saturated rings. The third kappa shape index (κ3) is 4.96. The maximum Gasteiger partial charge on any atom is 0.342 e. The van der Waals surface area contributed by atoms with E-state index in [2.05, 4.69) is 5.10 Å². The van der Waals surface area contributed by atoms with E-state index >= 15 is 0 Å². The summed E-state index contributed by atoms with van der Waals surface area (Å²) in [6, 6.07) is 10.0. The van der Waals surface area contributed by atoms with Crippen molar-refractivity contribution < 1.29 is 14.3 Å². The van der Waals surface area contributed by atoms with Gasteiger partial charge in [0.05, 0.1) is 17.9 Å². The molecular formula is C21H29N3O3. The lowest BCUT2D eigenvalue weighted by atomic mass is 10.2. The molecule has 0 N–H and O–H groups in total. The summed E-state index contributed by atoms with van der Waals surface area (Å²) < 4.78 is 7.10. The number of amides is 1. The molecule has 0 atom stereocenters. The first-order valence-electron chi connectivity index (χ1n) is 9.28. The van der Waals surface area contributed by atoms with Crippen LogP contribution in [0.1, 0.15) is 55.0 Å². The lowest BCUT2D eigenvalue weighted by molar-refractivity contribution is -0.138. The second-order valence-corrected chi connectivity index (χ2v) is 7.25. The topological polar surface area (TPSA) is 64.4 Å². The molecule has 1 aromatic carbocycles. The Hall–Kier alpha value is -2.63. The number of ether oxygens (including phenoxy) is 1. The van der Waals surface area contributed by atoms with Crippen molar-refractivity contribution in [3.05, 3.63) is 52.8 Å². The Bertz CT molecular complexity index is 787. The van der Waals surface area contributed by atoms with Crippen LogP contribution in [-0.2, 0) is 16.1 Å². The zero-order valence-electron chi connectivity index (χ0n) is 17.0. The Labute approximate surface area is 161 Å². The van der Waals surface area contributed by atoms with Crippen molar-refractivity contribution in [3.63, 3.8) is 0 Å². The standard InChI is InChI=1S/C21H29N3O3/c1-14(2)24(15(3)4)19(25)13-27-21(26)20-16(5)22-23(17(20)6)12-18-10-8-7-9-11-18/h7-11,14-15H,12-13H2,1-6H3. The number of carbonyl (C=O) groups is 2. The van der Waals surface area contributed by atoms with E-state index in [1.807, 2.05) is 65.0 Å². The van der Waals surface area contributed by atoms with Crippen LogP contribution in [0.5, 0.6) is 0 Å². The highest BCUT2D eigenvalue weighted by Gasteiger charge is 2.24. The second kappa shape index (κ2) is 8.84. The first-order valence-corrected chi connectivity index (χ1v) is 9.28. The van der Waals surface area contributed by atoms with Crippen LogP contribution in [0, 0.1) is 13.8 Å². The summed E-state index contributed by atoms with van der Waals surface area (Å²) in [7, 11) is 0. The minimum atomic E-state index is -0.509. The van der Waals surface area contributed by atoms with E-state index in [0.29, 0.717) is 17.8 Å². The van der Waals surface area contributed by atoms with Crippen LogP contribution in [0.25, 0.3) is 0 Å². The fourth-order valence-corrected chi connectivity index (χ4v) is 3.35. The smallest absolute Gasteiger partial charge is 0.342 e.